The van der Waals surface area contributed by atoms with Gasteiger partial charge < -0.3 is 9.84 Å². The smallest absolute Gasteiger partial charge is 0.301 e. The van der Waals surface area contributed by atoms with Crippen LogP contribution in [0.2, 0.25) is 0 Å². The molecule has 8 heteroatoms. The average molecular weight is 458 g/mol. The summed E-state index contributed by atoms with van der Waals surface area (Å²) >= 11 is 1.28. The summed E-state index contributed by atoms with van der Waals surface area (Å²) in [6, 6.07) is 15.2. The number of nitrogens with zero attached hydrogens (tertiary/aromatic N) is 3. The molecule has 0 saturated carbocycles. The van der Waals surface area contributed by atoms with Gasteiger partial charge in [-0.25, -0.2) is 4.98 Å². The molecule has 2 aromatic heterocycles. The van der Waals surface area contributed by atoms with Crippen molar-refractivity contribution in [3.05, 3.63) is 89.3 Å². The van der Waals surface area contributed by atoms with Gasteiger partial charge in [0.05, 0.1) is 28.9 Å². The molecule has 7 nitrogen and oxygen atoms in total. The zero-order valence-electron chi connectivity index (χ0n) is 17.9. The zero-order valence-corrected chi connectivity index (χ0v) is 18.7. The zero-order chi connectivity index (χ0) is 23.1. The number of carbonyl (C=O) groups excluding carboxylic acids is 2. The van der Waals surface area contributed by atoms with Gasteiger partial charge in [0.25, 0.3) is 5.78 Å². The second-order valence-corrected chi connectivity index (χ2v) is 8.66. The van der Waals surface area contributed by atoms with Gasteiger partial charge in [-0.1, -0.05) is 47.2 Å². The molecule has 4 aromatic rings. The van der Waals surface area contributed by atoms with Crippen LogP contribution in [-0.4, -0.2) is 33.9 Å². The highest BCUT2D eigenvalue weighted by molar-refractivity contribution is 7.22. The Morgan fingerprint density at radius 2 is 1.91 bits per heavy atom. The van der Waals surface area contributed by atoms with Crippen LogP contribution in [0, 0.1) is 6.92 Å². The largest absolute Gasteiger partial charge is 0.507 e. The Labute approximate surface area is 193 Å². The lowest BCUT2D eigenvalue weighted by atomic mass is 9.96. The third-order valence-corrected chi connectivity index (χ3v) is 6.58. The lowest BCUT2D eigenvalue weighted by molar-refractivity contribution is -0.132. The summed E-state index contributed by atoms with van der Waals surface area (Å²) < 4.78 is 6.10. The summed E-state index contributed by atoms with van der Waals surface area (Å²) in [5.74, 6) is -1.07. The second kappa shape index (κ2) is 8.14. The molecule has 2 aromatic carbocycles. The van der Waals surface area contributed by atoms with Crippen molar-refractivity contribution >= 4 is 44.1 Å². The maximum Gasteiger partial charge on any atom is 0.301 e. The number of methoxy groups -OCH3 is 1. The lowest BCUT2D eigenvalue weighted by Crippen LogP contribution is -2.29. The molecular weight excluding hydrogens is 438 g/mol. The Bertz CT molecular complexity index is 1410. The number of hydrogen-bond acceptors (Lipinski definition) is 7. The van der Waals surface area contributed by atoms with Gasteiger partial charge in [-0.05, 0) is 36.8 Å². The lowest BCUT2D eigenvalue weighted by Gasteiger charge is -2.22. The second-order valence-electron chi connectivity index (χ2n) is 7.65. The Kier molecular flexibility index (Phi) is 5.14. The highest BCUT2D eigenvalue weighted by Gasteiger charge is 2.48. The van der Waals surface area contributed by atoms with E-state index in [0.717, 1.165) is 10.3 Å². The van der Waals surface area contributed by atoms with E-state index < -0.39 is 17.7 Å². The van der Waals surface area contributed by atoms with Crippen LogP contribution >= 0.6 is 11.3 Å². The van der Waals surface area contributed by atoms with Crippen molar-refractivity contribution < 1.29 is 19.4 Å². The van der Waals surface area contributed by atoms with Crippen LogP contribution in [0.4, 0.5) is 5.13 Å². The van der Waals surface area contributed by atoms with Crippen LogP contribution in [-0.2, 0) is 9.59 Å². The quantitative estimate of drug-likeness (QED) is 0.273. The standard InChI is InChI=1S/C25H19N3O4S/c1-14-5-7-15(8-6-14)22(29)20-21(16-4-3-11-26-13-16)28(24(31)23(20)30)25-27-18-10-9-17(32-2)12-19(18)33-25/h3-13,21,29H,1-2H3/t21-/m0/s1. The monoisotopic (exact) mass is 457 g/mol. The Hall–Kier alpha value is -4.04. The number of aliphatic hydroxyl groups is 1. The van der Waals surface area contributed by atoms with Crippen LogP contribution in [0.3, 0.4) is 0 Å². The molecule has 1 saturated heterocycles. The number of hydrogen-bond donors (Lipinski definition) is 1. The molecule has 1 aliphatic heterocycles. The van der Waals surface area contributed by atoms with Gasteiger partial charge in [0.2, 0.25) is 0 Å². The highest BCUT2D eigenvalue weighted by Crippen LogP contribution is 2.44. The molecule has 1 fully saturated rings. The van der Waals surface area contributed by atoms with Crippen LogP contribution in [0.25, 0.3) is 16.0 Å². The summed E-state index contributed by atoms with van der Waals surface area (Å²) in [7, 11) is 1.58. The van der Waals surface area contributed by atoms with Crippen LogP contribution < -0.4 is 9.64 Å². The van der Waals surface area contributed by atoms with E-state index in [9.17, 15) is 14.7 Å². The van der Waals surface area contributed by atoms with E-state index in [1.165, 1.54) is 16.2 Å². The van der Waals surface area contributed by atoms with Crippen molar-refractivity contribution in [2.24, 2.45) is 0 Å². The molecule has 5 rings (SSSR count). The maximum absolute atomic E-state index is 13.2. The normalized spacial score (nSPS) is 17.6. The van der Waals surface area contributed by atoms with Gasteiger partial charge >= 0.3 is 5.91 Å². The molecule has 1 atom stereocenters. The Morgan fingerprint density at radius 1 is 1.12 bits per heavy atom. The van der Waals surface area contributed by atoms with E-state index in [-0.39, 0.29) is 11.3 Å². The number of carbonyl (C=O) groups is 2. The first-order valence-corrected chi connectivity index (χ1v) is 11.0. The number of ether oxygens (including phenoxy) is 1. The first-order valence-electron chi connectivity index (χ1n) is 10.2. The fraction of sp³-hybridized carbons (Fsp3) is 0.120. The topological polar surface area (TPSA) is 92.6 Å². The molecule has 0 aliphatic carbocycles. The average Bonchev–Trinajstić information content (AvgIpc) is 3.37. The van der Waals surface area contributed by atoms with Gasteiger partial charge in [0, 0.05) is 18.0 Å². The molecule has 1 aliphatic rings. The number of ketones is 1. The van der Waals surface area contributed by atoms with Gasteiger partial charge in [0.15, 0.2) is 5.13 Å². The van der Waals surface area contributed by atoms with Crippen molar-refractivity contribution in [1.29, 1.82) is 0 Å². The van der Waals surface area contributed by atoms with Gasteiger partial charge in [0.1, 0.15) is 11.5 Å². The Morgan fingerprint density at radius 3 is 2.61 bits per heavy atom. The van der Waals surface area contributed by atoms with Crippen molar-refractivity contribution in [3.8, 4) is 5.75 Å². The van der Waals surface area contributed by atoms with E-state index in [4.69, 9.17) is 4.74 Å². The van der Waals surface area contributed by atoms with E-state index in [0.29, 0.717) is 27.5 Å². The van der Waals surface area contributed by atoms with Crippen LogP contribution in [0.5, 0.6) is 5.75 Å². The summed E-state index contributed by atoms with van der Waals surface area (Å²) in [6.07, 6.45) is 3.20. The number of aryl methyl sites for hydroxylation is 1. The Balaban J connectivity index is 1.71. The summed E-state index contributed by atoms with van der Waals surface area (Å²) in [4.78, 5) is 36.5. The molecule has 0 spiro atoms. The maximum atomic E-state index is 13.2. The fourth-order valence-electron chi connectivity index (χ4n) is 3.87. The number of Topliss-reactive ketones (excluding diaryl/α,β-unsaturated/α-hetero) is 1. The number of anilines is 1. The molecular formula is C25H19N3O4S. The van der Waals surface area contributed by atoms with E-state index in [1.54, 1.807) is 55.9 Å². The number of thiazole rings is 1. The number of pyridine rings is 1. The third-order valence-electron chi connectivity index (χ3n) is 5.56. The van der Waals surface area contributed by atoms with Crippen molar-refractivity contribution in [2.75, 3.05) is 12.0 Å². The molecule has 1 N–H and O–H groups in total. The van der Waals surface area contributed by atoms with E-state index in [2.05, 4.69) is 9.97 Å². The number of fused-ring (bicyclic) bond motifs is 1. The molecule has 3 heterocycles. The summed E-state index contributed by atoms with van der Waals surface area (Å²) in [5.41, 5.74) is 2.76. The van der Waals surface area contributed by atoms with Crippen molar-refractivity contribution in [3.63, 3.8) is 0 Å². The molecule has 0 unspecified atom stereocenters. The third kappa shape index (κ3) is 3.54. The molecule has 0 radical (unpaired) electrons. The predicted octanol–water partition coefficient (Wildman–Crippen LogP) is 4.63. The number of aromatic nitrogens is 2. The molecule has 1 amide bonds. The minimum absolute atomic E-state index is 0.00805. The first kappa shape index (κ1) is 20.8. The summed E-state index contributed by atoms with van der Waals surface area (Å²) in [5, 5.41) is 11.5. The minimum atomic E-state index is -0.859. The minimum Gasteiger partial charge on any atom is -0.507 e. The van der Waals surface area contributed by atoms with Gasteiger partial charge in [-0.15, -0.1) is 0 Å². The SMILES string of the molecule is COc1ccc2nc(N3C(=O)C(=O)C(=C(O)c4ccc(C)cc4)[C@@H]3c3cccnc3)sc2c1. The van der Waals surface area contributed by atoms with Gasteiger partial charge in [-0.2, -0.15) is 0 Å². The number of benzene rings is 2. The molecule has 0 bridgehead atoms. The fourth-order valence-corrected chi connectivity index (χ4v) is 4.89. The molecule has 33 heavy (non-hydrogen) atoms. The predicted molar refractivity (Wildman–Crippen MR) is 126 cm³/mol. The number of amides is 1. The van der Waals surface area contributed by atoms with E-state index in [1.807, 2.05) is 25.1 Å². The highest BCUT2D eigenvalue weighted by atomic mass is 32.1. The van der Waals surface area contributed by atoms with Crippen LogP contribution in [0.1, 0.15) is 22.7 Å². The summed E-state index contributed by atoms with van der Waals surface area (Å²) in [6.45, 7) is 1.93. The molecule has 164 valence electrons. The van der Waals surface area contributed by atoms with E-state index >= 15 is 0 Å². The first-order chi connectivity index (χ1) is 16.0. The van der Waals surface area contributed by atoms with Crippen molar-refractivity contribution in [1.82, 2.24) is 9.97 Å². The van der Waals surface area contributed by atoms with Crippen LogP contribution in [0.15, 0.2) is 72.6 Å². The van der Waals surface area contributed by atoms with Crippen molar-refractivity contribution in [2.45, 2.75) is 13.0 Å². The number of rotatable bonds is 4. The number of aliphatic hydroxyl groups excluding tert-OH is 1. The van der Waals surface area contributed by atoms with Gasteiger partial charge in [-0.3, -0.25) is 19.5 Å².